The second-order valence-corrected chi connectivity index (χ2v) is 7.05. The average Bonchev–Trinajstić information content (AvgIpc) is 2.69. The highest BCUT2D eigenvalue weighted by Gasteiger charge is 2.29. The number of amides is 3. The molecular weight excluding hydrogens is 412 g/mol. The first kappa shape index (κ1) is 25.8. The van der Waals surface area contributed by atoms with Crippen LogP contribution in [0.5, 0.6) is 5.75 Å². The normalized spacial score (nSPS) is 15.6. The predicted octanol–water partition coefficient (Wildman–Crippen LogP) is -2.81. The van der Waals surface area contributed by atoms with E-state index in [1.807, 2.05) is 5.32 Å². The van der Waals surface area contributed by atoms with Crippen molar-refractivity contribution in [2.45, 2.75) is 50.6 Å². The summed E-state index contributed by atoms with van der Waals surface area (Å²) < 4.78 is 0. The van der Waals surface area contributed by atoms with Crippen molar-refractivity contribution in [3.05, 3.63) is 29.8 Å². The van der Waals surface area contributed by atoms with Crippen LogP contribution < -0.4 is 21.7 Å². The zero-order chi connectivity index (χ0) is 23.7. The fourth-order valence-corrected chi connectivity index (χ4v) is 2.53. The van der Waals surface area contributed by atoms with Crippen molar-refractivity contribution >= 4 is 23.7 Å². The molecule has 0 spiro atoms. The molecule has 12 nitrogen and oxygen atoms in total. The van der Waals surface area contributed by atoms with E-state index in [-0.39, 0.29) is 12.2 Å². The first-order chi connectivity index (χ1) is 14.4. The van der Waals surface area contributed by atoms with Gasteiger partial charge in [0.2, 0.25) is 17.7 Å². The molecule has 1 aromatic rings. The molecule has 0 aliphatic heterocycles. The number of phenols is 1. The van der Waals surface area contributed by atoms with Crippen molar-refractivity contribution in [1.29, 1.82) is 0 Å². The first-order valence-electron chi connectivity index (χ1n) is 9.42. The second kappa shape index (κ2) is 11.8. The van der Waals surface area contributed by atoms with E-state index >= 15 is 0 Å². The van der Waals surface area contributed by atoms with Gasteiger partial charge in [0.25, 0.3) is 0 Å². The van der Waals surface area contributed by atoms with Gasteiger partial charge in [-0.05, 0) is 38.0 Å². The molecule has 12 heteroatoms. The topological polar surface area (TPSA) is 211 Å². The van der Waals surface area contributed by atoms with Gasteiger partial charge in [0.15, 0.2) is 6.04 Å². The SMILES string of the molecule is CC(O)C(NC(=O)CNC(=O)C(NC(=O)C(N)Cc1ccc(O)cc1)C(C)O)C(=O)O. The number of rotatable bonds is 11. The molecule has 0 aromatic heterocycles. The molecule has 0 aliphatic carbocycles. The summed E-state index contributed by atoms with van der Waals surface area (Å²) in [5, 5.41) is 43.9. The molecule has 1 rings (SSSR count). The number of aliphatic hydroxyl groups excluding tert-OH is 2. The summed E-state index contributed by atoms with van der Waals surface area (Å²) in [6, 6.07) is 2.00. The number of carboxylic acids is 1. The molecular formula is C19H28N4O8. The molecule has 3 amide bonds. The summed E-state index contributed by atoms with van der Waals surface area (Å²) in [4.78, 5) is 47.4. The third kappa shape index (κ3) is 8.58. The molecule has 9 N–H and O–H groups in total. The van der Waals surface area contributed by atoms with Crippen molar-refractivity contribution in [2.24, 2.45) is 5.73 Å². The number of carbonyl (C=O) groups is 4. The number of aliphatic hydroxyl groups is 2. The minimum Gasteiger partial charge on any atom is -0.508 e. The third-order valence-electron chi connectivity index (χ3n) is 4.28. The minimum absolute atomic E-state index is 0.0553. The minimum atomic E-state index is -1.56. The van der Waals surface area contributed by atoms with Crippen molar-refractivity contribution < 1.29 is 39.6 Å². The lowest BCUT2D eigenvalue weighted by molar-refractivity contribution is -0.144. The fraction of sp³-hybridized carbons (Fsp3) is 0.474. The molecule has 31 heavy (non-hydrogen) atoms. The number of hydrogen-bond donors (Lipinski definition) is 8. The lowest BCUT2D eigenvalue weighted by Gasteiger charge is -2.23. The molecule has 0 saturated heterocycles. The molecule has 0 saturated carbocycles. The zero-order valence-electron chi connectivity index (χ0n) is 17.1. The predicted molar refractivity (Wildman–Crippen MR) is 108 cm³/mol. The van der Waals surface area contributed by atoms with Gasteiger partial charge in [0.1, 0.15) is 11.8 Å². The van der Waals surface area contributed by atoms with Gasteiger partial charge in [-0.25, -0.2) is 4.79 Å². The van der Waals surface area contributed by atoms with E-state index in [9.17, 15) is 34.5 Å². The Morgan fingerprint density at radius 1 is 0.935 bits per heavy atom. The van der Waals surface area contributed by atoms with Gasteiger partial charge in [0.05, 0.1) is 24.8 Å². The van der Waals surface area contributed by atoms with Crippen LogP contribution in [-0.4, -0.2) is 81.0 Å². The monoisotopic (exact) mass is 440 g/mol. The molecule has 5 unspecified atom stereocenters. The Balaban J connectivity index is 2.64. The number of benzene rings is 1. The van der Waals surface area contributed by atoms with Crippen LogP contribution in [0, 0.1) is 0 Å². The number of carboxylic acid groups (broad SMARTS) is 1. The number of phenolic OH excluding ortho intramolecular Hbond substituents is 1. The number of nitrogens with one attached hydrogen (secondary N) is 3. The van der Waals surface area contributed by atoms with Crippen LogP contribution >= 0.6 is 0 Å². The Hall–Kier alpha value is -3.22. The van der Waals surface area contributed by atoms with E-state index in [4.69, 9.17) is 10.8 Å². The number of aromatic hydroxyl groups is 1. The number of carbonyl (C=O) groups excluding carboxylic acids is 3. The van der Waals surface area contributed by atoms with Crippen molar-refractivity contribution in [3.8, 4) is 5.75 Å². The Morgan fingerprint density at radius 3 is 1.97 bits per heavy atom. The van der Waals surface area contributed by atoms with Crippen LogP contribution in [0.25, 0.3) is 0 Å². The van der Waals surface area contributed by atoms with Crippen LogP contribution in [-0.2, 0) is 25.6 Å². The van der Waals surface area contributed by atoms with Crippen LogP contribution in [0.15, 0.2) is 24.3 Å². The summed E-state index contributed by atoms with van der Waals surface area (Å²) in [7, 11) is 0. The van der Waals surface area contributed by atoms with E-state index in [2.05, 4.69) is 10.6 Å². The summed E-state index contributed by atoms with van der Waals surface area (Å²) in [6.45, 7) is 1.79. The number of hydrogen-bond acceptors (Lipinski definition) is 8. The summed E-state index contributed by atoms with van der Waals surface area (Å²) in [6.07, 6.45) is -2.58. The molecule has 0 heterocycles. The lowest BCUT2D eigenvalue weighted by Crippen LogP contribution is -2.57. The van der Waals surface area contributed by atoms with Gasteiger partial charge in [0, 0.05) is 0 Å². The van der Waals surface area contributed by atoms with Gasteiger partial charge in [-0.3, -0.25) is 14.4 Å². The zero-order valence-corrected chi connectivity index (χ0v) is 17.1. The van der Waals surface area contributed by atoms with Crippen molar-refractivity contribution in [3.63, 3.8) is 0 Å². The second-order valence-electron chi connectivity index (χ2n) is 7.05. The maximum absolute atomic E-state index is 12.3. The fourth-order valence-electron chi connectivity index (χ4n) is 2.53. The maximum Gasteiger partial charge on any atom is 0.328 e. The number of aliphatic carboxylic acids is 1. The average molecular weight is 440 g/mol. The van der Waals surface area contributed by atoms with Crippen LogP contribution in [0.3, 0.4) is 0 Å². The Labute approximate surface area is 178 Å². The Bertz CT molecular complexity index is 782. The Morgan fingerprint density at radius 2 is 1.48 bits per heavy atom. The highest BCUT2D eigenvalue weighted by molar-refractivity contribution is 5.93. The first-order valence-corrected chi connectivity index (χ1v) is 9.42. The Kier molecular flexibility index (Phi) is 9.86. The molecule has 0 bridgehead atoms. The van der Waals surface area contributed by atoms with Crippen LogP contribution in [0.4, 0.5) is 0 Å². The van der Waals surface area contributed by atoms with E-state index < -0.39 is 60.6 Å². The molecule has 5 atom stereocenters. The standard InChI is InChI=1S/C19H28N4O8/c1-9(24)15(18(29)21-8-14(27)22-16(10(2)25)19(30)31)23-17(28)13(20)7-11-3-5-12(26)6-4-11/h3-6,9-10,13,15-16,24-26H,7-8,20H2,1-2H3,(H,21,29)(H,22,27)(H,23,28)(H,30,31). The highest BCUT2D eigenvalue weighted by atomic mass is 16.4. The summed E-state index contributed by atoms with van der Waals surface area (Å²) in [5.74, 6) is -3.90. The van der Waals surface area contributed by atoms with Gasteiger partial charge in [-0.15, -0.1) is 0 Å². The molecule has 1 aromatic carbocycles. The van der Waals surface area contributed by atoms with Gasteiger partial charge >= 0.3 is 5.97 Å². The van der Waals surface area contributed by atoms with Gasteiger partial charge in [-0.2, -0.15) is 0 Å². The molecule has 172 valence electrons. The van der Waals surface area contributed by atoms with Crippen molar-refractivity contribution in [1.82, 2.24) is 16.0 Å². The number of nitrogens with two attached hydrogens (primary N) is 1. The largest absolute Gasteiger partial charge is 0.508 e. The smallest absolute Gasteiger partial charge is 0.328 e. The highest BCUT2D eigenvalue weighted by Crippen LogP contribution is 2.11. The van der Waals surface area contributed by atoms with Crippen molar-refractivity contribution in [2.75, 3.05) is 6.54 Å². The summed E-state index contributed by atoms with van der Waals surface area (Å²) >= 11 is 0. The van der Waals surface area contributed by atoms with Crippen LogP contribution in [0.1, 0.15) is 19.4 Å². The quantitative estimate of drug-likeness (QED) is 0.178. The van der Waals surface area contributed by atoms with E-state index in [1.54, 1.807) is 12.1 Å². The van der Waals surface area contributed by atoms with Crippen LogP contribution in [0.2, 0.25) is 0 Å². The molecule has 0 fully saturated rings. The van der Waals surface area contributed by atoms with Gasteiger partial charge in [-0.1, -0.05) is 12.1 Å². The van der Waals surface area contributed by atoms with Gasteiger partial charge < -0.3 is 42.1 Å². The maximum atomic E-state index is 12.3. The van der Waals surface area contributed by atoms with E-state index in [1.165, 1.54) is 26.0 Å². The lowest BCUT2D eigenvalue weighted by atomic mass is 10.0. The third-order valence-corrected chi connectivity index (χ3v) is 4.28. The van der Waals surface area contributed by atoms with E-state index in [0.717, 1.165) is 0 Å². The summed E-state index contributed by atoms with van der Waals surface area (Å²) in [5.41, 5.74) is 6.51. The van der Waals surface area contributed by atoms with E-state index in [0.29, 0.717) is 5.56 Å². The molecule has 0 radical (unpaired) electrons. The molecule has 0 aliphatic rings.